The van der Waals surface area contributed by atoms with Crippen LogP contribution in [-0.4, -0.2) is 64.6 Å². The second-order valence-electron chi connectivity index (χ2n) is 8.03. The highest BCUT2D eigenvalue weighted by Crippen LogP contribution is 2.28. The van der Waals surface area contributed by atoms with E-state index in [0.29, 0.717) is 18.8 Å². The monoisotopic (exact) mass is 443 g/mol. The summed E-state index contributed by atoms with van der Waals surface area (Å²) in [5.74, 6) is 0. The number of sulfone groups is 1. The first-order chi connectivity index (χ1) is 14.7. The van der Waals surface area contributed by atoms with Gasteiger partial charge in [-0.25, -0.2) is 18.2 Å². The van der Waals surface area contributed by atoms with Crippen LogP contribution < -0.4 is 0 Å². The zero-order valence-corrected chi connectivity index (χ0v) is 18.5. The quantitative estimate of drug-likeness (QED) is 0.610. The fourth-order valence-electron chi connectivity index (χ4n) is 3.71. The summed E-state index contributed by atoms with van der Waals surface area (Å²) in [6.07, 6.45) is 7.43. The third kappa shape index (κ3) is 4.53. The van der Waals surface area contributed by atoms with Gasteiger partial charge in [0.25, 0.3) is 0 Å². The summed E-state index contributed by atoms with van der Waals surface area (Å²) >= 11 is 0. The second kappa shape index (κ2) is 8.26. The number of fused-ring (bicyclic) bond motifs is 1. The molecule has 0 atom stereocenters. The molecule has 0 N–H and O–H groups in total. The molecule has 1 fully saturated rings. The first kappa shape index (κ1) is 21.2. The molecule has 1 aliphatic rings. The van der Waals surface area contributed by atoms with Crippen molar-refractivity contribution in [2.45, 2.75) is 43.9 Å². The predicted octanol–water partition coefficient (Wildman–Crippen LogP) is 3.08. The van der Waals surface area contributed by atoms with Crippen LogP contribution in [0.15, 0.2) is 41.8 Å². The third-order valence-electron chi connectivity index (χ3n) is 5.30. The lowest BCUT2D eigenvalue weighted by Gasteiger charge is -2.32. The second-order valence-corrected chi connectivity index (χ2v) is 9.99. The summed E-state index contributed by atoms with van der Waals surface area (Å²) in [5.41, 5.74) is 2.36. The van der Waals surface area contributed by atoms with E-state index in [-0.39, 0.29) is 23.3 Å². The molecule has 0 aliphatic carbocycles. The molecule has 31 heavy (non-hydrogen) atoms. The summed E-state index contributed by atoms with van der Waals surface area (Å²) in [7, 11) is -3.34. The fraction of sp³-hybridized carbons (Fsp3) is 0.429. The highest BCUT2D eigenvalue weighted by molar-refractivity contribution is 7.90. The number of nitrogens with zero attached hydrogens (tertiary/aromatic N) is 5. The first-order valence-electron chi connectivity index (χ1n) is 10.2. The Hall–Kier alpha value is -3.01. The number of aromatic nitrogens is 4. The van der Waals surface area contributed by atoms with Gasteiger partial charge in [0.2, 0.25) is 0 Å². The molecule has 10 heteroatoms. The number of ether oxygens (including phenoxy) is 1. The normalized spacial score (nSPS) is 15.5. The molecule has 0 bridgehead atoms. The van der Waals surface area contributed by atoms with E-state index in [2.05, 4.69) is 15.1 Å². The molecule has 1 saturated heterocycles. The van der Waals surface area contributed by atoms with E-state index >= 15 is 0 Å². The lowest BCUT2D eigenvalue weighted by molar-refractivity contribution is 0.0656. The summed E-state index contributed by atoms with van der Waals surface area (Å²) in [4.78, 5) is 22.4. The average molecular weight is 444 g/mol. The molecule has 1 amide bonds. The van der Waals surface area contributed by atoms with Crippen molar-refractivity contribution in [3.8, 4) is 11.3 Å². The fourth-order valence-corrected chi connectivity index (χ4v) is 4.27. The number of hydrogen-bond donors (Lipinski definition) is 0. The van der Waals surface area contributed by atoms with Gasteiger partial charge in [-0.1, -0.05) is 0 Å². The Morgan fingerprint density at radius 2 is 1.87 bits per heavy atom. The maximum atomic E-state index is 12.1. The van der Waals surface area contributed by atoms with E-state index in [0.717, 1.165) is 35.6 Å². The maximum Gasteiger partial charge on any atom is 0.410 e. The Morgan fingerprint density at radius 3 is 2.48 bits per heavy atom. The number of hydrogen-bond acceptors (Lipinski definition) is 7. The van der Waals surface area contributed by atoms with Crippen molar-refractivity contribution >= 4 is 26.8 Å². The molecule has 1 aliphatic heterocycles. The number of rotatable bonds is 4. The highest BCUT2D eigenvalue weighted by atomic mass is 32.2. The van der Waals surface area contributed by atoms with Crippen LogP contribution in [0.3, 0.4) is 0 Å². The number of carbonyl (C=O) groups is 1. The molecule has 0 spiro atoms. The molecule has 3 aromatic rings. The van der Waals surface area contributed by atoms with Gasteiger partial charge in [0.15, 0.2) is 14.9 Å². The molecule has 9 nitrogen and oxygen atoms in total. The van der Waals surface area contributed by atoms with Crippen molar-refractivity contribution in [3.63, 3.8) is 0 Å². The van der Waals surface area contributed by atoms with Gasteiger partial charge < -0.3 is 9.64 Å². The van der Waals surface area contributed by atoms with Crippen LogP contribution in [0.1, 0.15) is 32.7 Å². The zero-order chi connectivity index (χ0) is 22.2. The minimum Gasteiger partial charge on any atom is -0.447 e. The van der Waals surface area contributed by atoms with E-state index in [1.54, 1.807) is 23.4 Å². The SMILES string of the molecule is CC(C)OC(=O)N1CCC(n2ncc3cc(-c4ccc(S(C)(=O)=O)nc4)ncc32)CC1. The van der Waals surface area contributed by atoms with E-state index in [9.17, 15) is 13.2 Å². The van der Waals surface area contributed by atoms with Gasteiger partial charge in [0.1, 0.15) is 0 Å². The topological polar surface area (TPSA) is 107 Å². The Bertz CT molecular complexity index is 1200. The predicted molar refractivity (Wildman–Crippen MR) is 115 cm³/mol. The van der Waals surface area contributed by atoms with Gasteiger partial charge in [-0.15, -0.1) is 0 Å². The molecule has 0 saturated carbocycles. The average Bonchev–Trinajstić information content (AvgIpc) is 3.16. The Labute approximate surface area is 181 Å². The van der Waals surface area contributed by atoms with Gasteiger partial charge >= 0.3 is 6.09 Å². The smallest absolute Gasteiger partial charge is 0.410 e. The molecule has 3 aromatic heterocycles. The Balaban J connectivity index is 1.50. The first-order valence-corrected chi connectivity index (χ1v) is 12.1. The van der Waals surface area contributed by atoms with Crippen molar-refractivity contribution in [2.75, 3.05) is 19.3 Å². The van der Waals surface area contributed by atoms with Crippen LogP contribution in [0.4, 0.5) is 4.79 Å². The number of carbonyl (C=O) groups excluding carboxylic acids is 1. The summed E-state index contributed by atoms with van der Waals surface area (Å²) in [6, 6.07) is 5.29. The van der Waals surface area contributed by atoms with Crippen LogP contribution in [0, 0.1) is 0 Å². The van der Waals surface area contributed by atoms with Gasteiger partial charge in [-0.05, 0) is 44.9 Å². The van der Waals surface area contributed by atoms with Crippen LogP contribution >= 0.6 is 0 Å². The van der Waals surface area contributed by atoms with E-state index in [4.69, 9.17) is 4.74 Å². The van der Waals surface area contributed by atoms with Crippen LogP contribution in [0.2, 0.25) is 0 Å². The summed E-state index contributed by atoms with van der Waals surface area (Å²) in [5, 5.41) is 5.54. The Morgan fingerprint density at radius 1 is 1.13 bits per heavy atom. The maximum absolute atomic E-state index is 12.1. The standard InChI is InChI=1S/C21H25N5O4S/c1-14(2)30-21(27)25-8-6-17(7-9-25)26-19-13-22-18(10-16(19)12-24-26)15-4-5-20(23-11-15)31(3,28)29/h4-5,10-14,17H,6-9H2,1-3H3. The van der Waals surface area contributed by atoms with Gasteiger partial charge in [-0.2, -0.15) is 5.10 Å². The summed E-state index contributed by atoms with van der Waals surface area (Å²) < 4.78 is 30.4. The minimum absolute atomic E-state index is 0.0359. The Kier molecular flexibility index (Phi) is 5.65. The zero-order valence-electron chi connectivity index (χ0n) is 17.7. The van der Waals surface area contributed by atoms with Crippen molar-refractivity contribution in [2.24, 2.45) is 0 Å². The molecular formula is C21H25N5O4S. The lowest BCUT2D eigenvalue weighted by Crippen LogP contribution is -2.40. The van der Waals surface area contributed by atoms with E-state index < -0.39 is 9.84 Å². The minimum atomic E-state index is -3.34. The molecule has 0 unspecified atom stereocenters. The molecule has 4 heterocycles. The van der Waals surface area contributed by atoms with Crippen LogP contribution in [0.5, 0.6) is 0 Å². The van der Waals surface area contributed by atoms with Crippen molar-refractivity contribution in [1.29, 1.82) is 0 Å². The molecule has 164 valence electrons. The lowest BCUT2D eigenvalue weighted by atomic mass is 10.1. The number of likely N-dealkylation sites (tertiary alicyclic amines) is 1. The molecule has 4 rings (SSSR count). The molecule has 0 radical (unpaired) electrons. The number of pyridine rings is 2. The summed E-state index contributed by atoms with van der Waals surface area (Å²) in [6.45, 7) is 4.94. The van der Waals surface area contributed by atoms with E-state index in [1.165, 1.54) is 12.3 Å². The van der Waals surface area contributed by atoms with E-state index in [1.807, 2.05) is 24.6 Å². The molecule has 0 aromatic carbocycles. The van der Waals surface area contributed by atoms with Crippen molar-refractivity contribution in [1.82, 2.24) is 24.6 Å². The molecular weight excluding hydrogens is 418 g/mol. The van der Waals surface area contributed by atoms with Gasteiger partial charge in [0, 0.05) is 36.5 Å². The van der Waals surface area contributed by atoms with Crippen LogP contribution in [0.25, 0.3) is 22.2 Å². The van der Waals surface area contributed by atoms with Crippen LogP contribution in [-0.2, 0) is 14.6 Å². The largest absolute Gasteiger partial charge is 0.447 e. The third-order valence-corrected chi connectivity index (χ3v) is 6.30. The number of piperidine rings is 1. The highest BCUT2D eigenvalue weighted by Gasteiger charge is 2.26. The van der Waals surface area contributed by atoms with Gasteiger partial charge in [0.05, 0.1) is 35.8 Å². The van der Waals surface area contributed by atoms with Crippen molar-refractivity contribution in [3.05, 3.63) is 36.8 Å². The van der Waals surface area contributed by atoms with Gasteiger partial charge in [-0.3, -0.25) is 9.67 Å². The number of amides is 1. The van der Waals surface area contributed by atoms with Crippen molar-refractivity contribution < 1.29 is 17.9 Å².